The first-order valence-electron chi connectivity index (χ1n) is 9.81. The van der Waals surface area contributed by atoms with Gasteiger partial charge in [0.15, 0.2) is 4.90 Å². The molecular formula is C22H34NO3S+. The molecule has 0 heterocycles. The molecular weight excluding hydrogens is 358 g/mol. The number of hydrogen-bond acceptors (Lipinski definition) is 3. The fourth-order valence-corrected chi connectivity index (χ4v) is 3.38. The Hall–Kier alpha value is -1.75. The molecule has 0 fully saturated rings. The van der Waals surface area contributed by atoms with Gasteiger partial charge in [-0.25, -0.2) is 0 Å². The van der Waals surface area contributed by atoms with Gasteiger partial charge in [-0.1, -0.05) is 45.1 Å². The summed E-state index contributed by atoms with van der Waals surface area (Å²) in [7, 11) is 0.225. The van der Waals surface area contributed by atoms with Gasteiger partial charge in [0, 0.05) is 23.9 Å². The summed E-state index contributed by atoms with van der Waals surface area (Å²) in [5.41, 5.74) is 0. The Morgan fingerprint density at radius 3 is 2.07 bits per heavy atom. The minimum absolute atomic E-state index is 0.0959. The Morgan fingerprint density at radius 1 is 0.963 bits per heavy atom. The molecule has 150 valence electrons. The molecule has 0 radical (unpaired) electrons. The molecule has 1 N–H and O–H groups in total. The van der Waals surface area contributed by atoms with Crippen LogP contribution in [0.3, 0.4) is 0 Å². The van der Waals surface area contributed by atoms with E-state index in [1.807, 2.05) is 24.3 Å². The van der Waals surface area contributed by atoms with E-state index < -0.39 is 0 Å². The number of amides is 1. The highest BCUT2D eigenvalue weighted by Gasteiger charge is 2.09. The Labute approximate surface area is 167 Å². The molecule has 4 nitrogen and oxygen atoms in total. The van der Waals surface area contributed by atoms with E-state index in [0.717, 1.165) is 38.6 Å². The number of carbonyl (C=O) groups is 2. The van der Waals surface area contributed by atoms with E-state index in [1.54, 1.807) is 0 Å². The molecule has 0 aliphatic carbocycles. The lowest BCUT2D eigenvalue weighted by atomic mass is 10.1. The zero-order valence-corrected chi connectivity index (χ0v) is 17.6. The minimum Gasteiger partial charge on any atom is -0.427 e. The van der Waals surface area contributed by atoms with Crippen molar-refractivity contribution < 1.29 is 14.3 Å². The molecule has 0 spiro atoms. The van der Waals surface area contributed by atoms with Crippen molar-refractivity contribution in [3.05, 3.63) is 36.9 Å². The Balaban J connectivity index is 1.96. The van der Waals surface area contributed by atoms with Crippen LogP contribution in [-0.2, 0) is 20.5 Å². The second-order valence-electron chi connectivity index (χ2n) is 6.84. The molecule has 0 aromatic heterocycles. The largest absolute Gasteiger partial charge is 0.427 e. The zero-order valence-electron chi connectivity index (χ0n) is 16.8. The second kappa shape index (κ2) is 14.3. The summed E-state index contributed by atoms with van der Waals surface area (Å²) in [5.74, 6) is 0.399. The van der Waals surface area contributed by atoms with E-state index in [0.29, 0.717) is 12.2 Å². The van der Waals surface area contributed by atoms with Crippen LogP contribution in [0.4, 0.5) is 0 Å². The average Bonchev–Trinajstić information content (AvgIpc) is 2.66. The molecule has 0 saturated heterocycles. The lowest BCUT2D eigenvalue weighted by Gasteiger charge is -2.05. The third-order valence-corrected chi connectivity index (χ3v) is 5.53. The van der Waals surface area contributed by atoms with Crippen molar-refractivity contribution in [3.8, 4) is 5.75 Å². The number of ether oxygens (including phenoxy) is 1. The summed E-state index contributed by atoms with van der Waals surface area (Å²) in [4.78, 5) is 24.1. The van der Waals surface area contributed by atoms with Crippen LogP contribution in [0, 0.1) is 0 Å². The quantitative estimate of drug-likeness (QED) is 0.165. The van der Waals surface area contributed by atoms with Gasteiger partial charge < -0.3 is 10.1 Å². The average molecular weight is 393 g/mol. The molecule has 0 aliphatic heterocycles. The maximum atomic E-state index is 11.9. The van der Waals surface area contributed by atoms with Gasteiger partial charge in [-0.05, 0) is 43.2 Å². The first-order valence-corrected chi connectivity index (χ1v) is 11.9. The fourth-order valence-electron chi connectivity index (χ4n) is 2.70. The standard InChI is InChI=1S/C22H33NO3S/c1-4-21(24)23-18-12-10-8-6-5-7-9-11-13-22(25)26-19-14-16-20(17-15-19)27(2)3/h4,14-17H,1,5-13,18H2,2-3H3/p+1. The van der Waals surface area contributed by atoms with E-state index >= 15 is 0 Å². The molecule has 27 heavy (non-hydrogen) atoms. The van der Waals surface area contributed by atoms with E-state index in [-0.39, 0.29) is 22.8 Å². The Morgan fingerprint density at radius 2 is 1.52 bits per heavy atom. The van der Waals surface area contributed by atoms with E-state index in [4.69, 9.17) is 4.74 Å². The van der Waals surface area contributed by atoms with Crippen molar-refractivity contribution in [1.82, 2.24) is 5.32 Å². The van der Waals surface area contributed by atoms with Crippen LogP contribution in [0.1, 0.15) is 57.8 Å². The predicted octanol–water partition coefficient (Wildman–Crippen LogP) is 4.64. The van der Waals surface area contributed by atoms with Gasteiger partial charge in [0.25, 0.3) is 0 Å². The topological polar surface area (TPSA) is 55.4 Å². The monoisotopic (exact) mass is 392 g/mol. The summed E-state index contributed by atoms with van der Waals surface area (Å²) in [6.07, 6.45) is 15.0. The van der Waals surface area contributed by atoms with Crippen molar-refractivity contribution in [3.63, 3.8) is 0 Å². The van der Waals surface area contributed by atoms with Crippen LogP contribution in [0.25, 0.3) is 0 Å². The number of esters is 1. The molecule has 0 aliphatic rings. The van der Waals surface area contributed by atoms with Crippen molar-refractivity contribution in [2.24, 2.45) is 0 Å². The van der Waals surface area contributed by atoms with Crippen LogP contribution < -0.4 is 10.1 Å². The van der Waals surface area contributed by atoms with E-state index in [9.17, 15) is 9.59 Å². The number of rotatable bonds is 14. The highest BCUT2D eigenvalue weighted by molar-refractivity contribution is 7.95. The van der Waals surface area contributed by atoms with Gasteiger partial charge in [0.1, 0.15) is 18.3 Å². The third-order valence-electron chi connectivity index (χ3n) is 4.32. The maximum absolute atomic E-state index is 11.9. The van der Waals surface area contributed by atoms with Crippen LogP contribution >= 0.6 is 0 Å². The van der Waals surface area contributed by atoms with E-state index in [2.05, 4.69) is 24.4 Å². The smallest absolute Gasteiger partial charge is 0.311 e. The molecule has 1 aromatic rings. The fraction of sp³-hybridized carbons (Fsp3) is 0.545. The molecule has 1 amide bonds. The van der Waals surface area contributed by atoms with Gasteiger partial charge in [-0.15, -0.1) is 0 Å². The van der Waals surface area contributed by atoms with Crippen molar-refractivity contribution in [2.75, 3.05) is 19.1 Å². The van der Waals surface area contributed by atoms with Crippen molar-refractivity contribution in [1.29, 1.82) is 0 Å². The number of benzene rings is 1. The van der Waals surface area contributed by atoms with Gasteiger partial charge in [-0.3, -0.25) is 9.59 Å². The molecule has 1 aromatic carbocycles. The third kappa shape index (κ3) is 11.5. The SMILES string of the molecule is C=CC(=O)NCCCCCCCCCCC(=O)Oc1ccc([S+](C)C)cc1. The molecule has 5 heteroatoms. The molecule has 0 bridgehead atoms. The van der Waals surface area contributed by atoms with Crippen LogP contribution in [-0.4, -0.2) is 30.9 Å². The van der Waals surface area contributed by atoms with Crippen LogP contribution in [0.15, 0.2) is 41.8 Å². The van der Waals surface area contributed by atoms with Crippen LogP contribution in [0.5, 0.6) is 5.75 Å². The summed E-state index contributed by atoms with van der Waals surface area (Å²) in [5, 5.41) is 2.79. The Kier molecular flexibility index (Phi) is 12.4. The van der Waals surface area contributed by atoms with Gasteiger partial charge in [0.2, 0.25) is 5.91 Å². The first-order chi connectivity index (χ1) is 13.0. The lowest BCUT2D eigenvalue weighted by Crippen LogP contribution is -2.21. The summed E-state index contributed by atoms with van der Waals surface area (Å²) in [6.45, 7) is 4.15. The zero-order chi connectivity index (χ0) is 19.9. The summed E-state index contributed by atoms with van der Waals surface area (Å²) < 4.78 is 5.38. The van der Waals surface area contributed by atoms with Crippen molar-refractivity contribution >= 4 is 22.8 Å². The molecule has 1 rings (SSSR count). The van der Waals surface area contributed by atoms with Crippen LogP contribution in [0.2, 0.25) is 0 Å². The Bertz CT molecular complexity index is 569. The second-order valence-corrected chi connectivity index (χ2v) is 8.94. The van der Waals surface area contributed by atoms with Gasteiger partial charge >= 0.3 is 5.97 Å². The van der Waals surface area contributed by atoms with E-state index in [1.165, 1.54) is 30.2 Å². The number of carbonyl (C=O) groups excluding carboxylic acids is 2. The van der Waals surface area contributed by atoms with Gasteiger partial charge in [-0.2, -0.15) is 0 Å². The normalized spacial score (nSPS) is 10.6. The molecule has 0 atom stereocenters. The lowest BCUT2D eigenvalue weighted by molar-refractivity contribution is -0.134. The summed E-state index contributed by atoms with van der Waals surface area (Å²) >= 11 is 0. The maximum Gasteiger partial charge on any atom is 0.311 e. The van der Waals surface area contributed by atoms with Crippen molar-refractivity contribution in [2.45, 2.75) is 62.7 Å². The summed E-state index contributed by atoms with van der Waals surface area (Å²) in [6, 6.07) is 7.81. The molecule has 0 unspecified atom stereocenters. The highest BCUT2D eigenvalue weighted by atomic mass is 32.2. The molecule has 0 saturated carbocycles. The highest BCUT2D eigenvalue weighted by Crippen LogP contribution is 2.17. The number of nitrogens with one attached hydrogen (secondary N) is 1. The predicted molar refractivity (Wildman–Crippen MR) is 114 cm³/mol. The first kappa shape index (κ1) is 23.3. The number of unbranched alkanes of at least 4 members (excludes halogenated alkanes) is 7. The number of hydrogen-bond donors (Lipinski definition) is 1. The minimum atomic E-state index is -0.142. The van der Waals surface area contributed by atoms with Gasteiger partial charge in [0.05, 0.1) is 0 Å².